The number of fused-ring (bicyclic) bond motifs is 1. The monoisotopic (exact) mass is 210 g/mol. The van der Waals surface area contributed by atoms with Crippen molar-refractivity contribution in [3.05, 3.63) is 24.0 Å². The fourth-order valence-electron chi connectivity index (χ4n) is 1.22. The van der Waals surface area contributed by atoms with Crippen LogP contribution < -0.4 is 5.32 Å². The van der Waals surface area contributed by atoms with E-state index in [9.17, 15) is 4.39 Å². The molecule has 0 saturated carbocycles. The van der Waals surface area contributed by atoms with Crippen molar-refractivity contribution in [1.29, 1.82) is 0 Å². The Hall–Kier alpha value is -1.62. The standard InChI is InChI=1S/C10H11FN2O2/c1-6(5-14)12-10-13-8-4-7(11)2-3-9(8)15-10/h2-4,6,14H,5H2,1H3,(H,12,13). The third-order valence-corrected chi connectivity index (χ3v) is 1.99. The third-order valence-electron chi connectivity index (χ3n) is 1.99. The molecule has 15 heavy (non-hydrogen) atoms. The summed E-state index contributed by atoms with van der Waals surface area (Å²) in [4.78, 5) is 4.03. The maximum atomic E-state index is 12.8. The average molecular weight is 210 g/mol. The Kier molecular flexibility index (Phi) is 2.55. The lowest BCUT2D eigenvalue weighted by Gasteiger charge is -2.06. The van der Waals surface area contributed by atoms with E-state index in [1.807, 2.05) is 0 Å². The minimum Gasteiger partial charge on any atom is -0.424 e. The summed E-state index contributed by atoms with van der Waals surface area (Å²) < 4.78 is 18.1. The second kappa shape index (κ2) is 3.86. The van der Waals surface area contributed by atoms with Gasteiger partial charge < -0.3 is 14.8 Å². The smallest absolute Gasteiger partial charge is 0.295 e. The summed E-state index contributed by atoms with van der Waals surface area (Å²) in [6, 6.07) is 4.27. The summed E-state index contributed by atoms with van der Waals surface area (Å²) in [6.45, 7) is 1.77. The number of nitrogens with zero attached hydrogens (tertiary/aromatic N) is 1. The van der Waals surface area contributed by atoms with Gasteiger partial charge in [-0.15, -0.1) is 0 Å². The van der Waals surface area contributed by atoms with Crippen molar-refractivity contribution in [2.45, 2.75) is 13.0 Å². The normalized spacial score (nSPS) is 13.0. The number of nitrogens with one attached hydrogen (secondary N) is 1. The zero-order valence-corrected chi connectivity index (χ0v) is 8.20. The maximum Gasteiger partial charge on any atom is 0.295 e. The molecule has 1 aromatic heterocycles. The first-order chi connectivity index (χ1) is 7.19. The Bertz CT molecular complexity index is 469. The fourth-order valence-corrected chi connectivity index (χ4v) is 1.22. The van der Waals surface area contributed by atoms with Crippen LogP contribution in [0.15, 0.2) is 22.6 Å². The number of aromatic nitrogens is 1. The second-order valence-corrected chi connectivity index (χ2v) is 3.36. The predicted molar refractivity (Wildman–Crippen MR) is 54.1 cm³/mol. The molecule has 1 unspecified atom stereocenters. The van der Waals surface area contributed by atoms with Crippen LogP contribution in [0.1, 0.15) is 6.92 Å². The molecule has 0 fully saturated rings. The summed E-state index contributed by atoms with van der Waals surface area (Å²) in [7, 11) is 0. The van der Waals surface area contributed by atoms with Gasteiger partial charge in [-0.3, -0.25) is 0 Å². The van der Waals surface area contributed by atoms with E-state index in [1.165, 1.54) is 18.2 Å². The van der Waals surface area contributed by atoms with Crippen LogP contribution >= 0.6 is 0 Å². The van der Waals surface area contributed by atoms with Gasteiger partial charge in [0.15, 0.2) is 5.58 Å². The van der Waals surface area contributed by atoms with Gasteiger partial charge in [-0.1, -0.05) is 0 Å². The summed E-state index contributed by atoms with van der Waals surface area (Å²) >= 11 is 0. The van der Waals surface area contributed by atoms with Crippen molar-refractivity contribution < 1.29 is 13.9 Å². The molecule has 0 aliphatic carbocycles. The largest absolute Gasteiger partial charge is 0.424 e. The molecule has 0 radical (unpaired) electrons. The van der Waals surface area contributed by atoms with E-state index in [-0.39, 0.29) is 24.5 Å². The van der Waals surface area contributed by atoms with E-state index in [1.54, 1.807) is 6.92 Å². The Morgan fingerprint density at radius 2 is 2.40 bits per heavy atom. The van der Waals surface area contributed by atoms with E-state index < -0.39 is 0 Å². The molecular weight excluding hydrogens is 199 g/mol. The SMILES string of the molecule is CC(CO)Nc1nc2cc(F)ccc2o1. The summed E-state index contributed by atoms with van der Waals surface area (Å²) in [5.74, 6) is -0.349. The molecule has 0 amide bonds. The van der Waals surface area contributed by atoms with Gasteiger partial charge in [-0.05, 0) is 19.1 Å². The van der Waals surface area contributed by atoms with E-state index in [4.69, 9.17) is 9.52 Å². The van der Waals surface area contributed by atoms with Gasteiger partial charge in [0.1, 0.15) is 11.3 Å². The average Bonchev–Trinajstić information content (AvgIpc) is 2.59. The van der Waals surface area contributed by atoms with Crippen LogP contribution in [0.4, 0.5) is 10.4 Å². The highest BCUT2D eigenvalue weighted by Crippen LogP contribution is 2.19. The molecule has 0 saturated heterocycles. The molecule has 2 N–H and O–H groups in total. The number of rotatable bonds is 3. The first-order valence-corrected chi connectivity index (χ1v) is 4.62. The van der Waals surface area contributed by atoms with Crippen molar-refractivity contribution in [3.8, 4) is 0 Å². The molecule has 80 valence electrons. The fraction of sp³-hybridized carbons (Fsp3) is 0.300. The zero-order chi connectivity index (χ0) is 10.8. The molecule has 2 aromatic rings. The molecule has 0 bridgehead atoms. The number of hydrogen-bond donors (Lipinski definition) is 2. The molecule has 2 rings (SSSR count). The Morgan fingerprint density at radius 3 is 3.13 bits per heavy atom. The van der Waals surface area contributed by atoms with Crippen LogP contribution in [0.3, 0.4) is 0 Å². The topological polar surface area (TPSA) is 58.3 Å². The van der Waals surface area contributed by atoms with Gasteiger partial charge in [0, 0.05) is 6.07 Å². The van der Waals surface area contributed by atoms with Crippen LogP contribution in [0.2, 0.25) is 0 Å². The Morgan fingerprint density at radius 1 is 1.60 bits per heavy atom. The number of halogens is 1. The van der Waals surface area contributed by atoms with Gasteiger partial charge in [0.05, 0.1) is 12.6 Å². The van der Waals surface area contributed by atoms with E-state index in [0.29, 0.717) is 11.1 Å². The van der Waals surface area contributed by atoms with E-state index in [2.05, 4.69) is 10.3 Å². The highest BCUT2D eigenvalue weighted by molar-refractivity contribution is 5.74. The number of oxazole rings is 1. The first kappa shape index (κ1) is 9.92. The lowest BCUT2D eigenvalue weighted by atomic mass is 10.3. The maximum absolute atomic E-state index is 12.8. The molecule has 1 aromatic carbocycles. The minimum atomic E-state index is -0.349. The van der Waals surface area contributed by atoms with Crippen molar-refractivity contribution in [2.75, 3.05) is 11.9 Å². The van der Waals surface area contributed by atoms with E-state index >= 15 is 0 Å². The first-order valence-electron chi connectivity index (χ1n) is 4.62. The predicted octanol–water partition coefficient (Wildman–Crippen LogP) is 1.76. The van der Waals surface area contributed by atoms with Crippen molar-refractivity contribution in [1.82, 2.24) is 4.98 Å². The highest BCUT2D eigenvalue weighted by atomic mass is 19.1. The summed E-state index contributed by atoms with van der Waals surface area (Å²) in [5, 5.41) is 11.7. The van der Waals surface area contributed by atoms with Crippen LogP contribution in [0.25, 0.3) is 11.1 Å². The molecule has 4 nitrogen and oxygen atoms in total. The molecular formula is C10H11FN2O2. The van der Waals surface area contributed by atoms with Crippen LogP contribution in [-0.2, 0) is 0 Å². The number of aliphatic hydroxyl groups is 1. The van der Waals surface area contributed by atoms with Crippen molar-refractivity contribution in [3.63, 3.8) is 0 Å². The third kappa shape index (κ3) is 2.07. The number of hydrogen-bond acceptors (Lipinski definition) is 4. The molecule has 0 aliphatic heterocycles. The van der Waals surface area contributed by atoms with Gasteiger partial charge in [-0.2, -0.15) is 4.98 Å². The molecule has 1 atom stereocenters. The van der Waals surface area contributed by atoms with Gasteiger partial charge in [0.25, 0.3) is 6.01 Å². The van der Waals surface area contributed by atoms with Gasteiger partial charge in [-0.25, -0.2) is 4.39 Å². The Balaban J connectivity index is 2.30. The Labute approximate surface area is 85.7 Å². The molecule has 1 heterocycles. The lowest BCUT2D eigenvalue weighted by molar-refractivity contribution is 0.279. The van der Waals surface area contributed by atoms with Gasteiger partial charge >= 0.3 is 0 Å². The van der Waals surface area contributed by atoms with E-state index in [0.717, 1.165) is 0 Å². The highest BCUT2D eigenvalue weighted by Gasteiger charge is 2.08. The molecule has 0 spiro atoms. The molecule has 0 aliphatic rings. The quantitative estimate of drug-likeness (QED) is 0.810. The van der Waals surface area contributed by atoms with Crippen LogP contribution in [-0.4, -0.2) is 22.7 Å². The van der Waals surface area contributed by atoms with Gasteiger partial charge in [0.2, 0.25) is 0 Å². The number of benzene rings is 1. The zero-order valence-electron chi connectivity index (χ0n) is 8.20. The van der Waals surface area contributed by atoms with Crippen LogP contribution in [0, 0.1) is 5.82 Å². The molecule has 5 heteroatoms. The summed E-state index contributed by atoms with van der Waals surface area (Å²) in [5.41, 5.74) is 0.978. The van der Waals surface area contributed by atoms with Crippen LogP contribution in [0.5, 0.6) is 0 Å². The lowest BCUT2D eigenvalue weighted by Crippen LogP contribution is -2.19. The van der Waals surface area contributed by atoms with Crippen molar-refractivity contribution >= 4 is 17.1 Å². The summed E-state index contributed by atoms with van der Waals surface area (Å²) in [6.07, 6.45) is 0. The minimum absolute atomic E-state index is 0.0207. The number of anilines is 1. The second-order valence-electron chi connectivity index (χ2n) is 3.36. The number of aliphatic hydroxyl groups excluding tert-OH is 1. The van der Waals surface area contributed by atoms with Crippen molar-refractivity contribution in [2.24, 2.45) is 0 Å².